The van der Waals surface area contributed by atoms with E-state index in [1.807, 2.05) is 70.5 Å². The first kappa shape index (κ1) is 37.8. The van der Waals surface area contributed by atoms with Crippen LogP contribution in [0.4, 0.5) is 5.82 Å². The number of anilines is 1. The summed E-state index contributed by atoms with van der Waals surface area (Å²) >= 11 is 1.58. The second-order valence-electron chi connectivity index (χ2n) is 14.4. The number of hydrogen-bond acceptors (Lipinski definition) is 10. The molecule has 4 amide bonds. The molecule has 0 saturated carbocycles. The van der Waals surface area contributed by atoms with Crippen LogP contribution < -0.4 is 26.2 Å². The predicted octanol–water partition coefficient (Wildman–Crippen LogP) is 2.80. The van der Waals surface area contributed by atoms with Gasteiger partial charge in [-0.3, -0.25) is 19.2 Å². The highest BCUT2D eigenvalue weighted by atomic mass is 32.1. The van der Waals surface area contributed by atoms with Crippen LogP contribution >= 0.6 is 11.3 Å². The van der Waals surface area contributed by atoms with E-state index < -0.39 is 29.5 Å². The maximum absolute atomic E-state index is 14.0. The number of carbonyl (C=O) groups excluding carboxylic acids is 4. The van der Waals surface area contributed by atoms with Gasteiger partial charge in [0.25, 0.3) is 5.91 Å². The van der Waals surface area contributed by atoms with Crippen molar-refractivity contribution in [3.8, 4) is 10.4 Å². The fourth-order valence-electron chi connectivity index (χ4n) is 6.40. The lowest BCUT2D eigenvalue weighted by molar-refractivity contribution is -0.144. The Morgan fingerprint density at radius 2 is 1.76 bits per heavy atom. The molecule has 1 aromatic carbocycles. The normalized spacial score (nSPS) is 18.9. The van der Waals surface area contributed by atoms with E-state index in [2.05, 4.69) is 36.1 Å². The van der Waals surface area contributed by atoms with Crippen molar-refractivity contribution >= 4 is 40.8 Å². The Labute approximate surface area is 303 Å². The van der Waals surface area contributed by atoms with Gasteiger partial charge in [0, 0.05) is 58.3 Å². The number of rotatable bonds is 12. The Morgan fingerprint density at radius 3 is 2.39 bits per heavy atom. The zero-order valence-corrected chi connectivity index (χ0v) is 30.9. The minimum absolute atomic E-state index is 0.00619. The number of carbonyl (C=O) groups is 4. The summed E-state index contributed by atoms with van der Waals surface area (Å²) in [5.41, 5.74) is 4.51. The van der Waals surface area contributed by atoms with Crippen LogP contribution in [-0.4, -0.2) is 101 Å². The first-order valence-corrected chi connectivity index (χ1v) is 18.5. The van der Waals surface area contributed by atoms with Crippen molar-refractivity contribution in [2.24, 2.45) is 5.41 Å². The van der Waals surface area contributed by atoms with E-state index in [1.165, 1.54) is 4.90 Å². The monoisotopic (exact) mass is 718 g/mol. The lowest BCUT2D eigenvalue weighted by Gasteiger charge is -2.35. The second-order valence-corrected chi connectivity index (χ2v) is 15.2. The molecule has 5 rings (SSSR count). The number of thiazole rings is 1. The second kappa shape index (κ2) is 16.7. The summed E-state index contributed by atoms with van der Waals surface area (Å²) < 4.78 is 0. The highest BCUT2D eigenvalue weighted by molar-refractivity contribution is 7.13. The number of nitrogens with zero attached hydrogens (tertiary/aromatic N) is 4. The average Bonchev–Trinajstić information content (AvgIpc) is 3.73. The Morgan fingerprint density at radius 1 is 1.04 bits per heavy atom. The molecule has 0 unspecified atom stereocenters. The number of likely N-dealkylation sites (tertiary alicyclic amines) is 1. The number of nitrogens with one attached hydrogen (secondary N) is 4. The Hall–Kier alpha value is -4.40. The summed E-state index contributed by atoms with van der Waals surface area (Å²) in [5.74, 6) is -0.563. The Balaban J connectivity index is 1.12. The third-order valence-electron chi connectivity index (χ3n) is 9.38. The minimum Gasteiger partial charge on any atom is -0.391 e. The number of aryl methyl sites for hydroxylation is 1. The summed E-state index contributed by atoms with van der Waals surface area (Å²) in [4.78, 5) is 66.7. The fourth-order valence-corrected chi connectivity index (χ4v) is 7.21. The van der Waals surface area contributed by atoms with Crippen LogP contribution in [0.1, 0.15) is 74.6 Å². The van der Waals surface area contributed by atoms with Crippen LogP contribution in [0.5, 0.6) is 0 Å². The van der Waals surface area contributed by atoms with Crippen LogP contribution in [0, 0.1) is 12.3 Å². The van der Waals surface area contributed by atoms with Crippen molar-refractivity contribution in [3.63, 3.8) is 0 Å². The topological polar surface area (TPSA) is 169 Å². The third kappa shape index (κ3) is 9.69. The average molecular weight is 719 g/mol. The lowest BCUT2D eigenvalue weighted by atomic mass is 9.85. The number of aliphatic hydroxyl groups is 1. The van der Waals surface area contributed by atoms with Gasteiger partial charge in [0.15, 0.2) is 0 Å². The van der Waals surface area contributed by atoms with E-state index in [1.54, 1.807) is 23.6 Å². The molecule has 0 bridgehead atoms. The van der Waals surface area contributed by atoms with Crippen LogP contribution in [-0.2, 0) is 14.4 Å². The smallest absolute Gasteiger partial charge is 0.252 e. The SMILES string of the molecule is Cc1ncsc1-c1ccc([C@H](C)NC(=O)[C@@H]2C[C@@H](O)CN2C(=O)[C@@H](NC(=O)CCCNC(=O)c2ccc(N3CCNCC3)nc2)C(C)(C)C)cc1. The third-order valence-corrected chi connectivity index (χ3v) is 10.4. The molecule has 0 aliphatic carbocycles. The van der Waals surface area contributed by atoms with Crippen LogP contribution in [0.25, 0.3) is 10.4 Å². The van der Waals surface area contributed by atoms with E-state index in [0.717, 1.165) is 53.7 Å². The van der Waals surface area contributed by atoms with Gasteiger partial charge < -0.3 is 36.2 Å². The Kier molecular flexibility index (Phi) is 12.4. The van der Waals surface area contributed by atoms with Crippen molar-refractivity contribution < 1.29 is 24.3 Å². The zero-order chi connectivity index (χ0) is 36.7. The molecule has 2 fully saturated rings. The number of benzene rings is 1. The molecule has 4 atom stereocenters. The molecule has 3 aromatic rings. The van der Waals surface area contributed by atoms with Gasteiger partial charge in [-0.05, 0) is 48.9 Å². The summed E-state index contributed by atoms with van der Waals surface area (Å²) in [6.45, 7) is 13.2. The number of hydrogen-bond donors (Lipinski definition) is 5. The van der Waals surface area contributed by atoms with Crippen LogP contribution in [0.2, 0.25) is 0 Å². The summed E-state index contributed by atoms with van der Waals surface area (Å²) in [6.07, 6.45) is 1.25. The van der Waals surface area contributed by atoms with Crippen molar-refractivity contribution in [3.05, 3.63) is 64.9 Å². The van der Waals surface area contributed by atoms with Crippen LogP contribution in [0.15, 0.2) is 48.1 Å². The molecule has 0 spiro atoms. The fraction of sp³-hybridized carbons (Fsp3) is 0.514. The van der Waals surface area contributed by atoms with Gasteiger partial charge in [-0.15, -0.1) is 11.3 Å². The quantitative estimate of drug-likeness (QED) is 0.177. The maximum Gasteiger partial charge on any atom is 0.252 e. The van der Waals surface area contributed by atoms with Crippen molar-refractivity contribution in [1.29, 1.82) is 0 Å². The van der Waals surface area contributed by atoms with E-state index in [4.69, 9.17) is 0 Å². The molecule has 2 saturated heterocycles. The van der Waals surface area contributed by atoms with Crippen molar-refractivity contribution in [2.75, 3.05) is 44.2 Å². The molecule has 274 valence electrons. The van der Waals surface area contributed by atoms with Gasteiger partial charge >= 0.3 is 0 Å². The number of piperazine rings is 1. The summed E-state index contributed by atoms with van der Waals surface area (Å²) in [7, 11) is 0. The zero-order valence-electron chi connectivity index (χ0n) is 30.1. The van der Waals surface area contributed by atoms with Gasteiger partial charge in [0.05, 0.1) is 33.8 Å². The Bertz CT molecular complexity index is 1670. The van der Waals surface area contributed by atoms with Gasteiger partial charge in [0.1, 0.15) is 17.9 Å². The highest BCUT2D eigenvalue weighted by Crippen LogP contribution is 2.29. The minimum atomic E-state index is -0.930. The van der Waals surface area contributed by atoms with E-state index >= 15 is 0 Å². The predicted molar refractivity (Wildman–Crippen MR) is 197 cm³/mol. The standard InChI is InChI=1S/C37H50N8O5S/c1-23(25-8-10-26(11-9-25)32-24(2)41-22-51-32)42-35(49)29-19-28(46)21-45(29)36(50)33(37(3,4)5)43-31(47)7-6-14-39-34(48)27-12-13-30(40-20-27)44-17-15-38-16-18-44/h8-13,20,22-23,28-29,33,38,46H,6-7,14-19,21H2,1-5H3,(H,39,48)(H,42,49)(H,43,47)/t23-,28+,29-,33+/m0/s1. The van der Waals surface area contributed by atoms with Gasteiger partial charge in [-0.25, -0.2) is 9.97 Å². The number of aromatic nitrogens is 2. The molecule has 2 aromatic heterocycles. The van der Waals surface area contributed by atoms with Gasteiger partial charge in [-0.1, -0.05) is 45.0 Å². The van der Waals surface area contributed by atoms with Gasteiger partial charge in [0.2, 0.25) is 17.7 Å². The molecule has 0 radical (unpaired) electrons. The number of amides is 4. The van der Waals surface area contributed by atoms with E-state index in [9.17, 15) is 24.3 Å². The molecule has 51 heavy (non-hydrogen) atoms. The highest BCUT2D eigenvalue weighted by Gasteiger charge is 2.44. The first-order chi connectivity index (χ1) is 24.3. The van der Waals surface area contributed by atoms with Crippen LogP contribution in [0.3, 0.4) is 0 Å². The number of pyridine rings is 1. The largest absolute Gasteiger partial charge is 0.391 e. The van der Waals surface area contributed by atoms with E-state index in [0.29, 0.717) is 12.0 Å². The number of β-amino-alcohol motifs (C(OH)–C–C–N with tert-alkyl or cyclic N) is 1. The molecule has 5 N–H and O–H groups in total. The molecular formula is C37H50N8O5S. The van der Waals surface area contributed by atoms with Gasteiger partial charge in [-0.2, -0.15) is 0 Å². The summed E-state index contributed by atoms with van der Waals surface area (Å²) in [6, 6.07) is 9.37. The summed E-state index contributed by atoms with van der Waals surface area (Å²) in [5, 5.41) is 22.6. The number of aliphatic hydroxyl groups excluding tert-OH is 1. The lowest BCUT2D eigenvalue weighted by Crippen LogP contribution is -2.57. The van der Waals surface area contributed by atoms with Crippen molar-refractivity contribution in [1.82, 2.24) is 36.1 Å². The maximum atomic E-state index is 14.0. The molecular weight excluding hydrogens is 669 g/mol. The molecule has 4 heterocycles. The molecule has 2 aliphatic heterocycles. The van der Waals surface area contributed by atoms with E-state index in [-0.39, 0.29) is 49.7 Å². The van der Waals surface area contributed by atoms with Crippen molar-refractivity contribution in [2.45, 2.75) is 78.1 Å². The molecule has 14 heteroatoms. The molecule has 2 aliphatic rings. The molecule has 13 nitrogen and oxygen atoms in total. The first-order valence-electron chi connectivity index (χ1n) is 17.6.